The number of aliphatic hydroxyl groups is 2. The lowest BCUT2D eigenvalue weighted by Crippen LogP contribution is -2.32. The Balaban J connectivity index is 1.91. The minimum absolute atomic E-state index is 0.0503. The van der Waals surface area contributed by atoms with E-state index in [1.807, 2.05) is 30.3 Å². The fourth-order valence-corrected chi connectivity index (χ4v) is 3.39. The van der Waals surface area contributed by atoms with Crippen molar-refractivity contribution in [3.63, 3.8) is 0 Å². The van der Waals surface area contributed by atoms with Crippen molar-refractivity contribution in [1.29, 1.82) is 0 Å². The van der Waals surface area contributed by atoms with Crippen LogP contribution < -0.4 is 0 Å². The van der Waals surface area contributed by atoms with Gasteiger partial charge in [-0.1, -0.05) is 56.5 Å². The standard InChI is InChI=1S/C22H30O5/c1-2-3-4-5-9-12-17(23)21-18(24)15-19(25)22(21)27-20(26)14-13-16-10-7-6-8-11-16/h6-8,10-12,18,21-24H,2-5,9,13-15H2,1H3/b17-12-. The fourth-order valence-electron chi connectivity index (χ4n) is 3.39. The largest absolute Gasteiger partial charge is 0.512 e. The lowest BCUT2D eigenvalue weighted by molar-refractivity contribution is -0.156. The zero-order valence-corrected chi connectivity index (χ0v) is 16.0. The molecule has 1 aliphatic rings. The first-order valence-corrected chi connectivity index (χ1v) is 9.86. The fraction of sp³-hybridized carbons (Fsp3) is 0.545. The molecule has 1 saturated carbocycles. The number of aliphatic hydroxyl groups excluding tert-OH is 2. The van der Waals surface area contributed by atoms with Gasteiger partial charge in [0.2, 0.25) is 0 Å². The Labute approximate surface area is 161 Å². The van der Waals surface area contributed by atoms with E-state index in [2.05, 4.69) is 6.92 Å². The number of carbonyl (C=O) groups is 2. The molecule has 2 rings (SSSR count). The third-order valence-electron chi connectivity index (χ3n) is 4.94. The first-order chi connectivity index (χ1) is 13.0. The molecule has 1 aromatic carbocycles. The van der Waals surface area contributed by atoms with Crippen molar-refractivity contribution in [2.24, 2.45) is 5.92 Å². The highest BCUT2D eigenvalue weighted by Crippen LogP contribution is 2.31. The predicted molar refractivity (Wildman–Crippen MR) is 103 cm³/mol. The number of Topliss-reactive ketones (excluding diaryl/α,β-unsaturated/α-hetero) is 1. The van der Waals surface area contributed by atoms with Crippen LogP contribution in [0.25, 0.3) is 0 Å². The number of ether oxygens (including phenoxy) is 1. The highest BCUT2D eigenvalue weighted by molar-refractivity contribution is 5.89. The molecule has 0 aliphatic heterocycles. The number of ketones is 1. The Kier molecular flexibility index (Phi) is 8.52. The van der Waals surface area contributed by atoms with Crippen LogP contribution >= 0.6 is 0 Å². The number of benzene rings is 1. The molecule has 0 radical (unpaired) electrons. The maximum Gasteiger partial charge on any atom is 0.306 e. The Morgan fingerprint density at radius 2 is 1.96 bits per heavy atom. The molecule has 1 fully saturated rings. The molecular formula is C22H30O5. The number of esters is 1. The van der Waals surface area contributed by atoms with Gasteiger partial charge in [0.1, 0.15) is 0 Å². The minimum Gasteiger partial charge on any atom is -0.512 e. The van der Waals surface area contributed by atoms with Gasteiger partial charge < -0.3 is 14.9 Å². The molecule has 2 N–H and O–H groups in total. The van der Waals surface area contributed by atoms with E-state index in [1.165, 1.54) is 0 Å². The Bertz CT molecular complexity index is 637. The number of aryl methyl sites for hydroxylation is 1. The summed E-state index contributed by atoms with van der Waals surface area (Å²) in [4.78, 5) is 24.3. The summed E-state index contributed by atoms with van der Waals surface area (Å²) < 4.78 is 5.35. The van der Waals surface area contributed by atoms with Crippen LogP contribution in [0.5, 0.6) is 0 Å². The Hall–Kier alpha value is -2.14. The van der Waals surface area contributed by atoms with E-state index in [-0.39, 0.29) is 24.4 Å². The van der Waals surface area contributed by atoms with E-state index in [1.54, 1.807) is 6.08 Å². The summed E-state index contributed by atoms with van der Waals surface area (Å²) in [6.45, 7) is 2.13. The SMILES string of the molecule is CCCCCC/C=C(\O)C1C(O)CC(=O)C1OC(=O)CCc1ccccc1. The van der Waals surface area contributed by atoms with Crippen LogP contribution in [0.1, 0.15) is 57.4 Å². The molecule has 1 aromatic rings. The monoisotopic (exact) mass is 374 g/mol. The third-order valence-corrected chi connectivity index (χ3v) is 4.94. The Morgan fingerprint density at radius 3 is 2.67 bits per heavy atom. The molecule has 0 spiro atoms. The highest BCUT2D eigenvalue weighted by atomic mass is 16.5. The summed E-state index contributed by atoms with van der Waals surface area (Å²) >= 11 is 0. The summed E-state index contributed by atoms with van der Waals surface area (Å²) in [6.07, 6.45) is 5.06. The topological polar surface area (TPSA) is 83.8 Å². The van der Waals surface area contributed by atoms with Crippen LogP contribution in [0.2, 0.25) is 0 Å². The van der Waals surface area contributed by atoms with Gasteiger partial charge >= 0.3 is 5.97 Å². The number of hydrogen-bond donors (Lipinski definition) is 2. The average Bonchev–Trinajstić information content (AvgIpc) is 2.93. The smallest absolute Gasteiger partial charge is 0.306 e. The molecular weight excluding hydrogens is 344 g/mol. The minimum atomic E-state index is -1.10. The second-order valence-electron chi connectivity index (χ2n) is 7.14. The molecule has 0 heterocycles. The van der Waals surface area contributed by atoms with Gasteiger partial charge in [-0.05, 0) is 30.9 Å². The van der Waals surface area contributed by atoms with Crippen LogP contribution in [-0.4, -0.2) is 34.2 Å². The Morgan fingerprint density at radius 1 is 1.22 bits per heavy atom. The number of allylic oxidation sites excluding steroid dienone is 1. The van der Waals surface area contributed by atoms with Crippen LogP contribution in [-0.2, 0) is 20.7 Å². The van der Waals surface area contributed by atoms with Gasteiger partial charge in [-0.25, -0.2) is 0 Å². The molecule has 3 unspecified atom stereocenters. The lowest BCUT2D eigenvalue weighted by atomic mass is 9.99. The van der Waals surface area contributed by atoms with Crippen LogP contribution in [0.15, 0.2) is 42.2 Å². The normalized spacial score (nSPS) is 22.8. The van der Waals surface area contributed by atoms with E-state index in [0.717, 1.165) is 31.2 Å². The second-order valence-corrected chi connectivity index (χ2v) is 7.14. The van der Waals surface area contributed by atoms with Gasteiger partial charge in [-0.3, -0.25) is 9.59 Å². The number of hydrogen-bond acceptors (Lipinski definition) is 5. The van der Waals surface area contributed by atoms with Crippen LogP contribution in [0, 0.1) is 5.92 Å². The summed E-state index contributed by atoms with van der Waals surface area (Å²) in [7, 11) is 0. The van der Waals surface area contributed by atoms with E-state index in [0.29, 0.717) is 12.8 Å². The highest BCUT2D eigenvalue weighted by Gasteiger charge is 2.46. The van der Waals surface area contributed by atoms with E-state index in [4.69, 9.17) is 4.74 Å². The molecule has 5 heteroatoms. The lowest BCUT2D eigenvalue weighted by Gasteiger charge is -2.20. The molecule has 5 nitrogen and oxygen atoms in total. The maximum atomic E-state index is 12.2. The van der Waals surface area contributed by atoms with Crippen LogP contribution in [0.4, 0.5) is 0 Å². The molecule has 0 amide bonds. The van der Waals surface area contributed by atoms with Crippen LogP contribution in [0.3, 0.4) is 0 Å². The van der Waals surface area contributed by atoms with Crippen molar-refractivity contribution in [3.05, 3.63) is 47.7 Å². The van der Waals surface area contributed by atoms with Crippen molar-refractivity contribution in [2.45, 2.75) is 70.5 Å². The van der Waals surface area contributed by atoms with Crippen molar-refractivity contribution < 1.29 is 24.5 Å². The van der Waals surface area contributed by atoms with E-state index < -0.39 is 24.1 Å². The number of rotatable bonds is 10. The molecule has 27 heavy (non-hydrogen) atoms. The maximum absolute atomic E-state index is 12.2. The summed E-state index contributed by atoms with van der Waals surface area (Å²) in [5.41, 5.74) is 1.01. The van der Waals surface area contributed by atoms with Crippen molar-refractivity contribution in [2.75, 3.05) is 0 Å². The van der Waals surface area contributed by atoms with Crippen molar-refractivity contribution >= 4 is 11.8 Å². The van der Waals surface area contributed by atoms with Gasteiger partial charge in [-0.2, -0.15) is 0 Å². The zero-order chi connectivity index (χ0) is 19.6. The first kappa shape index (κ1) is 21.2. The van der Waals surface area contributed by atoms with Gasteiger partial charge in [-0.15, -0.1) is 0 Å². The molecule has 148 valence electrons. The zero-order valence-electron chi connectivity index (χ0n) is 16.0. The van der Waals surface area contributed by atoms with E-state index in [9.17, 15) is 19.8 Å². The molecule has 0 aromatic heterocycles. The first-order valence-electron chi connectivity index (χ1n) is 9.86. The quantitative estimate of drug-likeness (QED) is 0.369. The van der Waals surface area contributed by atoms with E-state index >= 15 is 0 Å². The summed E-state index contributed by atoms with van der Waals surface area (Å²) in [5, 5.41) is 20.5. The molecule has 0 saturated heterocycles. The number of carbonyl (C=O) groups excluding carboxylic acids is 2. The van der Waals surface area contributed by atoms with Gasteiger partial charge in [0.25, 0.3) is 0 Å². The second kappa shape index (κ2) is 10.9. The third kappa shape index (κ3) is 6.51. The van der Waals surface area contributed by atoms with Crippen molar-refractivity contribution in [3.8, 4) is 0 Å². The van der Waals surface area contributed by atoms with Gasteiger partial charge in [0.05, 0.1) is 17.8 Å². The molecule has 3 atom stereocenters. The average molecular weight is 374 g/mol. The molecule has 0 bridgehead atoms. The van der Waals surface area contributed by atoms with Gasteiger partial charge in [0, 0.05) is 12.8 Å². The summed E-state index contributed by atoms with van der Waals surface area (Å²) in [5.74, 6) is -1.74. The predicted octanol–water partition coefficient (Wildman–Crippen LogP) is 3.89. The number of unbranched alkanes of at least 4 members (excludes halogenated alkanes) is 4. The molecule has 1 aliphatic carbocycles. The van der Waals surface area contributed by atoms with Gasteiger partial charge in [0.15, 0.2) is 11.9 Å². The van der Waals surface area contributed by atoms with Crippen molar-refractivity contribution in [1.82, 2.24) is 0 Å². The summed E-state index contributed by atoms with van der Waals surface area (Å²) in [6, 6.07) is 9.55.